The average molecular weight is 2040 g/mol. The summed E-state index contributed by atoms with van der Waals surface area (Å²) in [5.41, 5.74) is 21.3. The Morgan fingerprint density at radius 1 is 0.311 bits per heavy atom. The monoisotopic (exact) mass is 2030 g/mol. The van der Waals surface area contributed by atoms with Gasteiger partial charge in [0, 0.05) is 5.92 Å². The molecule has 0 unspecified atom stereocenters. The van der Waals surface area contributed by atoms with E-state index in [1.807, 2.05) is 71.0 Å². The Morgan fingerprint density at radius 3 is 0.878 bits per heavy atom. The van der Waals surface area contributed by atoms with Gasteiger partial charge in [0.05, 0.1) is 49.7 Å². The zero-order valence-corrected chi connectivity index (χ0v) is 98.2. The van der Waals surface area contributed by atoms with Crippen LogP contribution in [0.5, 0.6) is 46.0 Å². The number of carboxylic acid groups (broad SMARTS) is 2. The molecule has 148 heavy (non-hydrogen) atoms. The van der Waals surface area contributed by atoms with Gasteiger partial charge in [-0.25, -0.2) is 9.59 Å². The van der Waals surface area contributed by atoms with E-state index in [1.54, 1.807) is 37.4 Å². The predicted molar refractivity (Wildman–Crippen MR) is 627 cm³/mol. The molecule has 0 fully saturated rings. The van der Waals surface area contributed by atoms with E-state index in [9.17, 15) is 29.7 Å². The van der Waals surface area contributed by atoms with Crippen LogP contribution in [-0.4, -0.2) is 71.2 Å². The van der Waals surface area contributed by atoms with E-state index in [2.05, 4.69) is 291 Å². The van der Waals surface area contributed by atoms with Gasteiger partial charge in [0.15, 0.2) is 11.9 Å². The number of terminal acetylenes is 1. The Balaban J connectivity index is 0.00000168. The van der Waals surface area contributed by atoms with E-state index in [4.69, 9.17) is 45.7 Å². The van der Waals surface area contributed by atoms with Gasteiger partial charge in [0.25, 0.3) is 6.26 Å². The highest BCUT2D eigenvalue weighted by Crippen LogP contribution is 2.42. The molecule has 0 radical (unpaired) electrons. The molecule has 0 spiro atoms. The Bertz CT molecular complexity index is 5280. The van der Waals surface area contributed by atoms with Crippen molar-refractivity contribution in [3.05, 3.63) is 232 Å². The van der Waals surface area contributed by atoms with Gasteiger partial charge in [-0.3, -0.25) is 4.79 Å². The topological polar surface area (TPSA) is 235 Å². The SMILES string of the molecule is C.C#Cc1cc(C(C)C)cc(C(C)C)c1OCCCCCC.CC(C)c1cc(C(=O)O)c(O)c(C(C)C)c1.CCCCCCOc1c(C#CC#N)cc(C(C)C)cc1C(C)C.CCCCCCOc1c(C(=O)O)cc(C(C)C)cc1C(C)C.CCCCCCOc1c(C(C)=O)cc(C(C)C)cc1C(C)C.CCCCCCOc1c(C)cc(C(C)C)cc1C(C)C.Cc1cc(C(C)C)cc(C(C)C)c1O.N#COc1ccccc1. The van der Waals surface area contributed by atoms with Gasteiger partial charge in [-0.05, 0) is 273 Å². The number of carbonyl (C=O) groups is 3. The molecular formula is C133H200N2O13. The van der Waals surface area contributed by atoms with E-state index in [0.717, 1.165) is 125 Å². The highest BCUT2D eigenvalue weighted by molar-refractivity contribution is 5.98. The van der Waals surface area contributed by atoms with E-state index in [-0.39, 0.29) is 42.3 Å². The Kier molecular flexibility index (Phi) is 69.1. The number of phenolic OH excluding ortho intramolecular Hbond substituents is 1. The van der Waals surface area contributed by atoms with Crippen molar-refractivity contribution in [1.82, 2.24) is 0 Å². The van der Waals surface area contributed by atoms with E-state index in [1.165, 1.54) is 140 Å². The number of carboxylic acids is 2. The molecule has 8 aromatic carbocycles. The van der Waals surface area contributed by atoms with Crippen molar-refractivity contribution < 1.29 is 63.2 Å². The minimum absolute atomic E-state index is 0. The van der Waals surface area contributed by atoms with E-state index < -0.39 is 11.9 Å². The highest BCUT2D eigenvalue weighted by atomic mass is 16.5. The van der Waals surface area contributed by atoms with Crippen LogP contribution in [0.1, 0.15) is 585 Å². The molecule has 15 heteroatoms. The van der Waals surface area contributed by atoms with Crippen molar-refractivity contribution in [2.24, 2.45) is 0 Å². The maximum atomic E-state index is 12.1. The second-order valence-electron chi connectivity index (χ2n) is 43.4. The summed E-state index contributed by atoms with van der Waals surface area (Å²) in [4.78, 5) is 34.7. The molecule has 820 valence electrons. The number of aryl methyl sites for hydroxylation is 2. The Labute approximate surface area is 901 Å². The van der Waals surface area contributed by atoms with Gasteiger partial charge in [-0.15, -0.1) is 11.7 Å². The minimum Gasteiger partial charge on any atom is -0.507 e. The summed E-state index contributed by atoms with van der Waals surface area (Å²) in [7, 11) is 0. The third-order valence-corrected chi connectivity index (χ3v) is 25.8. The summed E-state index contributed by atoms with van der Waals surface area (Å²) in [6, 6.07) is 39.9. The fourth-order valence-corrected chi connectivity index (χ4v) is 16.2. The minimum atomic E-state index is -1.08. The first-order chi connectivity index (χ1) is 69.4. The Morgan fingerprint density at radius 2 is 0.574 bits per heavy atom. The number of aromatic carboxylic acids is 2. The quantitative estimate of drug-likeness (QED) is 0.0120. The van der Waals surface area contributed by atoms with Crippen molar-refractivity contribution in [3.63, 3.8) is 0 Å². The molecule has 0 saturated heterocycles. The zero-order valence-electron chi connectivity index (χ0n) is 98.2. The number of aromatic hydroxyl groups is 2. The van der Waals surface area contributed by atoms with Crippen LogP contribution in [0.15, 0.2) is 115 Å². The molecule has 0 aliphatic rings. The van der Waals surface area contributed by atoms with Gasteiger partial charge in [-0.1, -0.05) is 411 Å². The third kappa shape index (κ3) is 49.5. The summed E-state index contributed by atoms with van der Waals surface area (Å²) in [5.74, 6) is 17.0. The Hall–Kier alpha value is -11.1. The molecule has 15 nitrogen and oxygen atoms in total. The van der Waals surface area contributed by atoms with Crippen LogP contribution in [0.3, 0.4) is 0 Å². The van der Waals surface area contributed by atoms with Crippen molar-refractivity contribution >= 4 is 17.7 Å². The van der Waals surface area contributed by atoms with Crippen LogP contribution in [0.25, 0.3) is 0 Å². The summed E-state index contributed by atoms with van der Waals surface area (Å²) in [5, 5.41) is 55.1. The molecule has 0 bridgehead atoms. The normalized spacial score (nSPS) is 10.8. The molecule has 0 heterocycles. The fraction of sp³-hybridized carbons (Fsp3) is 0.571. The first kappa shape index (κ1) is 137. The van der Waals surface area contributed by atoms with Crippen molar-refractivity contribution in [1.29, 1.82) is 10.5 Å². The molecule has 0 amide bonds. The second kappa shape index (κ2) is 74.7. The molecule has 4 N–H and O–H groups in total. The summed E-state index contributed by atoms with van der Waals surface area (Å²) in [6.45, 7) is 80.3. The number of rotatable bonds is 48. The standard InChI is InChI=1S/C21H29NO.C20H32O2.C20H30O.C19H30O3.C19H32O.C13H18O3.C13H20O.C7H5NO.CH4/c1-6-7-8-9-13-23-21-18(11-10-12-22)14-19(16(2)3)15-20(21)17(4)5;1-7-8-9-10-11-22-20-18(15(4)5)12-17(14(2)3)13-19(20)16(6)21;1-7-9-10-11-12-21-20-17(8-2)13-18(15(3)4)14-19(20)16(5)6;1-6-7-8-9-10-22-18-16(14(4)5)11-15(13(2)3)12-17(18)19(20)21;1-7-8-9-10-11-20-19-16(6)12-17(14(2)3)13-18(19)15(4)5;1-7(2)9-5-10(8(3)4)12(14)11(6-9)13(15)16;1-8(2)11-6-10(5)13(14)12(7-11)9(3)4;8-6-9-7-4-2-1-3-5-7;/h14-17H,6-9,13H2,1-5H3;12-15H,7-11H2,1-6H3;2,13-16H,7,9-12H2,1,3-6H3;11-14H,6-10H2,1-5H3,(H,20,21);12-15H,7-11H2,1-6H3;5-8,14H,1-4H3,(H,15,16);6-9,14H,1-5H3;1-5H;1H4. The van der Waals surface area contributed by atoms with E-state index in [0.29, 0.717) is 113 Å². The molecule has 0 atom stereocenters. The third-order valence-electron chi connectivity index (χ3n) is 25.8. The molecule has 0 saturated carbocycles. The number of hydrogen-bond donors (Lipinski definition) is 4. The smallest absolute Gasteiger partial charge is 0.339 e. The molecule has 8 rings (SSSR count). The maximum absolute atomic E-state index is 12.1. The van der Waals surface area contributed by atoms with Gasteiger partial charge in [-0.2, -0.15) is 5.26 Å². The molecule has 0 aromatic heterocycles. The van der Waals surface area contributed by atoms with Crippen LogP contribution in [0.2, 0.25) is 0 Å². The fourth-order valence-electron chi connectivity index (χ4n) is 16.2. The van der Waals surface area contributed by atoms with Gasteiger partial charge in [0.1, 0.15) is 57.1 Å². The van der Waals surface area contributed by atoms with Crippen LogP contribution < -0.4 is 28.4 Å². The number of ketones is 1. The lowest BCUT2D eigenvalue weighted by Crippen LogP contribution is -2.10. The summed E-state index contributed by atoms with van der Waals surface area (Å²) >= 11 is 0. The number of nitriles is 2. The lowest BCUT2D eigenvalue weighted by molar-refractivity contribution is 0.0681. The van der Waals surface area contributed by atoms with Crippen LogP contribution >= 0.6 is 0 Å². The average Bonchev–Trinajstić information content (AvgIpc) is 0.788. The van der Waals surface area contributed by atoms with Crippen LogP contribution in [0, 0.1) is 60.9 Å². The maximum Gasteiger partial charge on any atom is 0.339 e. The van der Waals surface area contributed by atoms with Gasteiger partial charge < -0.3 is 48.8 Å². The lowest BCUT2D eigenvalue weighted by atomic mass is 9.91. The number of hydrogen-bond acceptors (Lipinski definition) is 13. The number of carbonyl (C=O) groups excluding carboxylic acids is 1. The number of unbranched alkanes of at least 4 members (excludes halogenated alkanes) is 15. The summed E-state index contributed by atoms with van der Waals surface area (Å²) < 4.78 is 34.7. The molecule has 0 aliphatic carbocycles. The lowest BCUT2D eigenvalue weighted by Gasteiger charge is -2.20. The first-order valence-corrected chi connectivity index (χ1v) is 55.6. The number of nitrogens with zero attached hydrogens (tertiary/aromatic N) is 2. The summed E-state index contributed by atoms with van der Waals surface area (Å²) in [6.07, 6.45) is 31.0. The van der Waals surface area contributed by atoms with Crippen molar-refractivity contribution in [2.45, 2.75) is 468 Å². The molecule has 0 aliphatic heterocycles. The first-order valence-electron chi connectivity index (χ1n) is 55.6. The molecular weight excluding hydrogens is 1830 g/mol. The predicted octanol–water partition coefficient (Wildman–Crippen LogP) is 39.0. The number of benzene rings is 8. The molecule has 8 aromatic rings. The van der Waals surface area contributed by atoms with Crippen LogP contribution in [-0.2, 0) is 0 Å². The number of para-hydroxylation sites is 1. The highest BCUT2D eigenvalue weighted by Gasteiger charge is 2.26. The number of ether oxygens (including phenoxy) is 6. The number of phenols is 2. The van der Waals surface area contributed by atoms with E-state index >= 15 is 0 Å². The second-order valence-corrected chi connectivity index (χ2v) is 43.4. The van der Waals surface area contributed by atoms with Gasteiger partial charge >= 0.3 is 11.9 Å². The largest absolute Gasteiger partial charge is 0.507 e. The van der Waals surface area contributed by atoms with Crippen LogP contribution in [0.4, 0.5) is 0 Å². The number of Topliss-reactive ketones (excluding diaryl/α,β-unsaturated/α-hetero) is 1. The zero-order chi connectivity index (χ0) is 111. The van der Waals surface area contributed by atoms with Crippen molar-refractivity contribution in [2.75, 3.05) is 33.0 Å². The van der Waals surface area contributed by atoms with Crippen molar-refractivity contribution in [3.8, 4) is 82.5 Å². The van der Waals surface area contributed by atoms with Gasteiger partial charge in [0.2, 0.25) is 0 Å².